The number of fused-ring (bicyclic) bond motifs is 1. The highest BCUT2D eigenvalue weighted by Gasteiger charge is 2.18. The van der Waals surface area contributed by atoms with Gasteiger partial charge in [0.25, 0.3) is 5.91 Å². The zero-order valence-corrected chi connectivity index (χ0v) is 13.9. The molecule has 0 saturated heterocycles. The summed E-state index contributed by atoms with van der Waals surface area (Å²) in [7, 11) is 0. The fraction of sp³-hybridized carbons (Fsp3) is 0.125. The largest absolute Gasteiger partial charge is 0.477 e. The quantitative estimate of drug-likeness (QED) is 0.470. The molecule has 26 heavy (non-hydrogen) atoms. The third-order valence-corrected chi connectivity index (χ3v) is 3.55. The summed E-state index contributed by atoms with van der Waals surface area (Å²) in [6.07, 6.45) is 1.37. The first kappa shape index (κ1) is 17.5. The van der Waals surface area contributed by atoms with Gasteiger partial charge in [0, 0.05) is 6.07 Å². The molecule has 0 spiro atoms. The van der Waals surface area contributed by atoms with Gasteiger partial charge in [-0.3, -0.25) is 14.9 Å². The van der Waals surface area contributed by atoms with Gasteiger partial charge in [-0.15, -0.1) is 0 Å². The third-order valence-electron chi connectivity index (χ3n) is 3.27. The zero-order chi connectivity index (χ0) is 18.5. The van der Waals surface area contributed by atoms with E-state index in [-0.39, 0.29) is 18.2 Å². The molecule has 1 aliphatic rings. The number of hydrogen-bond acceptors (Lipinski definition) is 7. The number of rotatable bonds is 6. The van der Waals surface area contributed by atoms with Crippen LogP contribution in [0, 0.1) is 10.1 Å². The maximum atomic E-state index is 11.8. The van der Waals surface area contributed by atoms with Gasteiger partial charge in [-0.1, -0.05) is 23.7 Å². The molecule has 0 saturated carbocycles. The number of amides is 1. The molecule has 0 fully saturated rings. The SMILES string of the molecule is O=C(COc1ccccc1[N+](=O)[O-])N/N=C\c1cc(Cl)c2c(c1)OCO2. The van der Waals surface area contributed by atoms with Crippen LogP contribution in [0.5, 0.6) is 17.2 Å². The summed E-state index contributed by atoms with van der Waals surface area (Å²) in [5.74, 6) is 0.376. The van der Waals surface area contributed by atoms with Gasteiger partial charge >= 0.3 is 5.69 Å². The molecule has 10 heteroatoms. The number of para-hydroxylation sites is 2. The second kappa shape index (κ2) is 7.70. The summed E-state index contributed by atoms with van der Waals surface area (Å²) in [5.41, 5.74) is 2.63. The van der Waals surface area contributed by atoms with E-state index in [9.17, 15) is 14.9 Å². The topological polar surface area (TPSA) is 112 Å². The Morgan fingerprint density at radius 2 is 2.19 bits per heavy atom. The smallest absolute Gasteiger partial charge is 0.310 e. The molecule has 134 valence electrons. The highest BCUT2D eigenvalue weighted by atomic mass is 35.5. The molecule has 0 aliphatic carbocycles. The predicted octanol–water partition coefficient (Wildman–Crippen LogP) is 2.51. The van der Waals surface area contributed by atoms with Crippen molar-refractivity contribution in [1.82, 2.24) is 5.43 Å². The van der Waals surface area contributed by atoms with Gasteiger partial charge in [0.15, 0.2) is 23.9 Å². The van der Waals surface area contributed by atoms with Crippen molar-refractivity contribution < 1.29 is 23.9 Å². The van der Waals surface area contributed by atoms with Gasteiger partial charge in [0.05, 0.1) is 16.2 Å². The first-order valence-electron chi connectivity index (χ1n) is 7.32. The van der Waals surface area contributed by atoms with Gasteiger partial charge in [-0.25, -0.2) is 5.43 Å². The number of hydrogen-bond donors (Lipinski definition) is 1. The predicted molar refractivity (Wildman–Crippen MR) is 91.9 cm³/mol. The molecule has 2 aromatic rings. The average Bonchev–Trinajstić information content (AvgIpc) is 3.09. The van der Waals surface area contributed by atoms with Crippen molar-refractivity contribution >= 4 is 29.4 Å². The molecule has 0 bridgehead atoms. The Morgan fingerprint density at radius 3 is 3.00 bits per heavy atom. The number of nitro groups is 1. The van der Waals surface area contributed by atoms with Crippen LogP contribution in [0.3, 0.4) is 0 Å². The van der Waals surface area contributed by atoms with Crippen molar-refractivity contribution in [2.75, 3.05) is 13.4 Å². The number of nitrogens with one attached hydrogen (secondary N) is 1. The summed E-state index contributed by atoms with van der Waals surface area (Å²) in [4.78, 5) is 22.0. The van der Waals surface area contributed by atoms with Crippen molar-refractivity contribution in [3.8, 4) is 17.2 Å². The molecule has 1 N–H and O–H groups in total. The normalized spacial score (nSPS) is 12.2. The van der Waals surface area contributed by atoms with E-state index in [4.69, 9.17) is 25.8 Å². The van der Waals surface area contributed by atoms with E-state index in [2.05, 4.69) is 10.5 Å². The summed E-state index contributed by atoms with van der Waals surface area (Å²) in [5, 5.41) is 15.0. The van der Waals surface area contributed by atoms with Crippen LogP contribution in [0.25, 0.3) is 0 Å². The van der Waals surface area contributed by atoms with Gasteiger partial charge in [-0.2, -0.15) is 5.10 Å². The van der Waals surface area contributed by atoms with E-state index in [1.54, 1.807) is 18.2 Å². The van der Waals surface area contributed by atoms with E-state index in [1.165, 1.54) is 24.4 Å². The molecule has 2 aromatic carbocycles. The van der Waals surface area contributed by atoms with Crippen LogP contribution in [0.2, 0.25) is 5.02 Å². The number of benzene rings is 2. The first-order chi connectivity index (χ1) is 12.5. The standard InChI is InChI=1S/C16H12ClN3O6/c17-11-5-10(6-14-16(11)26-9-25-14)7-18-19-15(21)8-24-13-4-2-1-3-12(13)20(22)23/h1-7H,8-9H2,(H,19,21)/b18-7-. The molecular weight excluding hydrogens is 366 g/mol. The summed E-state index contributed by atoms with van der Waals surface area (Å²) >= 11 is 6.05. The maximum absolute atomic E-state index is 11.8. The number of nitrogens with zero attached hydrogens (tertiary/aromatic N) is 2. The van der Waals surface area contributed by atoms with Crippen LogP contribution in [-0.2, 0) is 4.79 Å². The lowest BCUT2D eigenvalue weighted by atomic mass is 10.2. The van der Waals surface area contributed by atoms with Crippen LogP contribution >= 0.6 is 11.6 Å². The van der Waals surface area contributed by atoms with Crippen molar-refractivity contribution in [3.05, 3.63) is 57.1 Å². The van der Waals surface area contributed by atoms with Crippen LogP contribution in [0.1, 0.15) is 5.56 Å². The van der Waals surface area contributed by atoms with Crippen molar-refractivity contribution in [3.63, 3.8) is 0 Å². The Kier molecular flexibility index (Phi) is 5.18. The molecule has 0 aromatic heterocycles. The molecule has 9 nitrogen and oxygen atoms in total. The molecule has 1 heterocycles. The Labute approximate surface area is 152 Å². The lowest BCUT2D eigenvalue weighted by Gasteiger charge is -2.05. The van der Waals surface area contributed by atoms with Gasteiger partial charge < -0.3 is 14.2 Å². The minimum Gasteiger partial charge on any atom is -0.477 e. The maximum Gasteiger partial charge on any atom is 0.310 e. The second-order valence-electron chi connectivity index (χ2n) is 5.04. The van der Waals surface area contributed by atoms with E-state index in [0.717, 1.165) is 0 Å². The van der Waals surface area contributed by atoms with E-state index in [0.29, 0.717) is 22.1 Å². The highest BCUT2D eigenvalue weighted by Crippen LogP contribution is 2.39. The van der Waals surface area contributed by atoms with Crippen molar-refractivity contribution in [2.45, 2.75) is 0 Å². The number of halogens is 1. The van der Waals surface area contributed by atoms with Crippen LogP contribution in [0.15, 0.2) is 41.5 Å². The monoisotopic (exact) mass is 377 g/mol. The Bertz CT molecular complexity index is 886. The van der Waals surface area contributed by atoms with E-state index < -0.39 is 17.4 Å². The fourth-order valence-electron chi connectivity index (χ4n) is 2.15. The van der Waals surface area contributed by atoms with Gasteiger partial charge in [-0.05, 0) is 23.8 Å². The number of nitro benzene ring substituents is 1. The minimum atomic E-state index is -0.589. The van der Waals surface area contributed by atoms with Gasteiger partial charge in [0.1, 0.15) is 0 Å². The lowest BCUT2D eigenvalue weighted by Crippen LogP contribution is -2.24. The van der Waals surface area contributed by atoms with E-state index >= 15 is 0 Å². The molecule has 3 rings (SSSR count). The Morgan fingerprint density at radius 1 is 1.38 bits per heavy atom. The highest BCUT2D eigenvalue weighted by molar-refractivity contribution is 6.32. The Balaban J connectivity index is 1.56. The van der Waals surface area contributed by atoms with Gasteiger partial charge in [0.2, 0.25) is 6.79 Å². The van der Waals surface area contributed by atoms with Crippen LogP contribution < -0.4 is 19.6 Å². The number of hydrazone groups is 1. The van der Waals surface area contributed by atoms with Crippen molar-refractivity contribution in [2.24, 2.45) is 5.10 Å². The minimum absolute atomic E-state index is 0.000757. The molecule has 0 unspecified atom stereocenters. The number of ether oxygens (including phenoxy) is 3. The number of carbonyl (C=O) groups excluding carboxylic acids is 1. The summed E-state index contributed by atoms with van der Waals surface area (Å²) in [6.45, 7) is -0.334. The van der Waals surface area contributed by atoms with Crippen LogP contribution in [-0.4, -0.2) is 30.4 Å². The van der Waals surface area contributed by atoms with Crippen LogP contribution in [0.4, 0.5) is 5.69 Å². The Hall–Kier alpha value is -3.33. The summed E-state index contributed by atoms with van der Waals surface area (Å²) < 4.78 is 15.6. The third kappa shape index (κ3) is 4.01. The average molecular weight is 378 g/mol. The summed E-state index contributed by atoms with van der Waals surface area (Å²) in [6, 6.07) is 9.04. The zero-order valence-electron chi connectivity index (χ0n) is 13.2. The fourth-order valence-corrected chi connectivity index (χ4v) is 2.42. The molecule has 1 amide bonds. The number of carbonyl (C=O) groups is 1. The first-order valence-corrected chi connectivity index (χ1v) is 7.69. The second-order valence-corrected chi connectivity index (χ2v) is 5.45. The molecular formula is C16H12ClN3O6. The molecule has 1 aliphatic heterocycles. The lowest BCUT2D eigenvalue weighted by molar-refractivity contribution is -0.385. The molecule has 0 atom stereocenters. The van der Waals surface area contributed by atoms with Crippen molar-refractivity contribution in [1.29, 1.82) is 0 Å². The van der Waals surface area contributed by atoms with E-state index in [1.807, 2.05) is 0 Å². The molecule has 0 radical (unpaired) electrons.